The number of benzene rings is 2. The summed E-state index contributed by atoms with van der Waals surface area (Å²) < 4.78 is 12.6. The Hall–Kier alpha value is -1.76. The summed E-state index contributed by atoms with van der Waals surface area (Å²) in [5.74, 6) is -0.0620. The molecule has 0 amide bonds. The van der Waals surface area contributed by atoms with Crippen molar-refractivity contribution in [2.75, 3.05) is 6.61 Å². The highest BCUT2D eigenvalue weighted by Crippen LogP contribution is 2.24. The van der Waals surface area contributed by atoms with Crippen LogP contribution >= 0.6 is 39.1 Å². The van der Waals surface area contributed by atoms with E-state index in [1.165, 1.54) is 4.57 Å². The number of hydrogen-bond acceptors (Lipinski definition) is 4. The third kappa shape index (κ3) is 4.50. The van der Waals surface area contributed by atoms with Crippen molar-refractivity contribution in [1.82, 2.24) is 4.57 Å². The minimum Gasteiger partial charge on any atom is -0.493 e. The summed E-state index contributed by atoms with van der Waals surface area (Å²) in [7, 11) is 0. The second-order valence-corrected chi connectivity index (χ2v) is 7.42. The topological polar surface area (TPSA) is 61.4 Å². The van der Waals surface area contributed by atoms with Gasteiger partial charge in [-0.1, -0.05) is 39.1 Å². The van der Waals surface area contributed by atoms with Gasteiger partial charge in [0.2, 0.25) is 0 Å². The van der Waals surface area contributed by atoms with Gasteiger partial charge in [0, 0.05) is 21.1 Å². The molecule has 0 fully saturated rings. The van der Waals surface area contributed by atoms with Gasteiger partial charge in [-0.2, -0.15) is 0 Å². The largest absolute Gasteiger partial charge is 0.493 e. The first kappa shape index (κ1) is 19.0. The molecule has 0 bridgehead atoms. The van der Waals surface area contributed by atoms with Gasteiger partial charge in [0.05, 0.1) is 17.5 Å². The molecule has 1 aromatic heterocycles. The molecule has 0 spiro atoms. The number of halogens is 3. The smallest absolute Gasteiger partial charge is 0.422 e. The molecule has 0 N–H and O–H groups in total. The predicted octanol–water partition coefficient (Wildman–Crippen LogP) is 4.88. The van der Waals surface area contributed by atoms with Crippen LogP contribution in [0.3, 0.4) is 0 Å². The van der Waals surface area contributed by atoms with E-state index in [4.69, 9.17) is 32.4 Å². The maximum absolute atomic E-state index is 12.0. The van der Waals surface area contributed by atoms with E-state index in [2.05, 4.69) is 15.9 Å². The average Bonchev–Trinajstić information content (AvgIpc) is 2.56. The summed E-state index contributed by atoms with van der Waals surface area (Å²) in [5.41, 5.74) is -0.0827. The normalized spacial score (nSPS) is 11.0. The molecule has 5 nitrogen and oxygen atoms in total. The Kier molecular flexibility index (Phi) is 6.06. The fourth-order valence-corrected chi connectivity index (χ4v) is 3.45. The summed E-state index contributed by atoms with van der Waals surface area (Å²) in [6.45, 7) is 0.867. The molecule has 0 saturated carbocycles. The van der Waals surface area contributed by atoms with Crippen molar-refractivity contribution < 1.29 is 9.15 Å². The first-order valence-corrected chi connectivity index (χ1v) is 9.41. The average molecular weight is 459 g/mol. The molecule has 2 aromatic carbocycles. The van der Waals surface area contributed by atoms with Gasteiger partial charge in [-0.3, -0.25) is 4.57 Å². The third-order valence-corrected chi connectivity index (χ3v) is 4.68. The van der Waals surface area contributed by atoms with Crippen LogP contribution in [0.25, 0.3) is 10.9 Å². The van der Waals surface area contributed by atoms with Crippen molar-refractivity contribution in [2.24, 2.45) is 0 Å². The molecule has 8 heteroatoms. The molecule has 0 unspecified atom stereocenters. The number of aryl methyl sites for hydroxylation is 1. The maximum atomic E-state index is 12.0. The van der Waals surface area contributed by atoms with E-state index in [0.717, 1.165) is 4.47 Å². The highest BCUT2D eigenvalue weighted by atomic mass is 79.9. The zero-order valence-electron chi connectivity index (χ0n) is 13.5. The van der Waals surface area contributed by atoms with Gasteiger partial charge in [0.15, 0.2) is 0 Å². The van der Waals surface area contributed by atoms with Gasteiger partial charge in [-0.25, -0.2) is 9.59 Å². The van der Waals surface area contributed by atoms with Gasteiger partial charge in [-0.05, 0) is 49.2 Å². The summed E-state index contributed by atoms with van der Waals surface area (Å²) >= 11 is 15.2. The SMILES string of the molecule is O=c1oc(=O)n(CCCCOc2cc(Cl)cc(Cl)c2)c2ccc(Br)cc12. The van der Waals surface area contributed by atoms with Crippen LogP contribution in [0.2, 0.25) is 10.0 Å². The van der Waals surface area contributed by atoms with E-state index in [9.17, 15) is 9.59 Å². The lowest BCUT2D eigenvalue weighted by Crippen LogP contribution is -2.25. The van der Waals surface area contributed by atoms with E-state index in [0.29, 0.717) is 52.7 Å². The minimum atomic E-state index is -0.660. The molecular formula is C18H14BrCl2NO4. The number of unbranched alkanes of at least 4 members (excludes halogenated alkanes) is 1. The van der Waals surface area contributed by atoms with Crippen molar-refractivity contribution in [2.45, 2.75) is 19.4 Å². The van der Waals surface area contributed by atoms with Crippen LogP contribution in [-0.4, -0.2) is 11.2 Å². The number of fused-ring (bicyclic) bond motifs is 1. The molecule has 0 aliphatic rings. The monoisotopic (exact) mass is 457 g/mol. The highest BCUT2D eigenvalue weighted by molar-refractivity contribution is 9.10. The van der Waals surface area contributed by atoms with Gasteiger partial charge >= 0.3 is 11.4 Å². The molecule has 0 atom stereocenters. The second-order valence-electron chi connectivity index (χ2n) is 5.63. The fourth-order valence-electron chi connectivity index (χ4n) is 2.58. The first-order valence-electron chi connectivity index (χ1n) is 7.86. The Balaban J connectivity index is 1.65. The van der Waals surface area contributed by atoms with Gasteiger partial charge in [0.25, 0.3) is 0 Å². The Bertz CT molecular complexity index is 1040. The molecular weight excluding hydrogens is 445 g/mol. The van der Waals surface area contributed by atoms with Gasteiger partial charge in [-0.15, -0.1) is 0 Å². The van der Waals surface area contributed by atoms with Crippen molar-refractivity contribution >= 4 is 50.0 Å². The Labute approximate surface area is 167 Å². The molecule has 3 rings (SSSR count). The summed E-state index contributed by atoms with van der Waals surface area (Å²) in [4.78, 5) is 23.9. The number of aromatic nitrogens is 1. The Morgan fingerprint density at radius 1 is 1.04 bits per heavy atom. The summed E-state index contributed by atoms with van der Waals surface area (Å²) in [6, 6.07) is 10.2. The first-order chi connectivity index (χ1) is 12.4. The van der Waals surface area contributed by atoms with E-state index in [1.807, 2.05) is 0 Å². The van der Waals surface area contributed by atoms with Crippen LogP contribution in [0, 0.1) is 0 Å². The third-order valence-electron chi connectivity index (χ3n) is 3.75. The summed E-state index contributed by atoms with van der Waals surface area (Å²) in [6.07, 6.45) is 1.38. The number of nitrogens with zero attached hydrogens (tertiary/aromatic N) is 1. The summed E-state index contributed by atoms with van der Waals surface area (Å²) in [5, 5.41) is 1.38. The molecule has 136 valence electrons. The number of rotatable bonds is 6. The quantitative estimate of drug-likeness (QED) is 0.493. The fraction of sp³-hybridized carbons (Fsp3) is 0.222. The van der Waals surface area contributed by atoms with E-state index < -0.39 is 11.4 Å². The number of hydrogen-bond donors (Lipinski definition) is 0. The zero-order chi connectivity index (χ0) is 18.7. The van der Waals surface area contributed by atoms with Crippen LogP contribution in [0.5, 0.6) is 5.75 Å². The van der Waals surface area contributed by atoms with Crippen LogP contribution in [0.1, 0.15) is 12.8 Å². The molecule has 0 aliphatic heterocycles. The van der Waals surface area contributed by atoms with Crippen LogP contribution in [-0.2, 0) is 6.54 Å². The minimum absolute atomic E-state index is 0.365. The van der Waals surface area contributed by atoms with Crippen molar-refractivity contribution in [3.8, 4) is 5.75 Å². The van der Waals surface area contributed by atoms with E-state index in [1.54, 1.807) is 36.4 Å². The lowest BCUT2D eigenvalue weighted by molar-refractivity contribution is 0.301. The van der Waals surface area contributed by atoms with Crippen LogP contribution < -0.4 is 16.1 Å². The lowest BCUT2D eigenvalue weighted by atomic mass is 10.2. The Morgan fingerprint density at radius 2 is 1.77 bits per heavy atom. The lowest BCUT2D eigenvalue weighted by Gasteiger charge is -2.10. The van der Waals surface area contributed by atoms with E-state index >= 15 is 0 Å². The van der Waals surface area contributed by atoms with Crippen LogP contribution in [0.15, 0.2) is 54.9 Å². The van der Waals surface area contributed by atoms with Crippen molar-refractivity contribution in [1.29, 1.82) is 0 Å². The van der Waals surface area contributed by atoms with Crippen LogP contribution in [0.4, 0.5) is 0 Å². The highest BCUT2D eigenvalue weighted by Gasteiger charge is 2.09. The molecule has 0 saturated heterocycles. The number of ether oxygens (including phenoxy) is 1. The Morgan fingerprint density at radius 3 is 2.50 bits per heavy atom. The van der Waals surface area contributed by atoms with Crippen molar-refractivity contribution in [3.05, 3.63) is 71.9 Å². The standard InChI is InChI=1S/C18H14BrCl2NO4/c19-11-3-4-16-15(7-11)17(23)26-18(24)22(16)5-1-2-6-25-14-9-12(20)8-13(21)10-14/h3-4,7-10H,1-2,5-6H2. The molecule has 0 aliphatic carbocycles. The van der Waals surface area contributed by atoms with E-state index in [-0.39, 0.29) is 0 Å². The van der Waals surface area contributed by atoms with Gasteiger partial charge < -0.3 is 9.15 Å². The van der Waals surface area contributed by atoms with Crippen molar-refractivity contribution in [3.63, 3.8) is 0 Å². The molecule has 0 radical (unpaired) electrons. The molecule has 26 heavy (non-hydrogen) atoms. The maximum Gasteiger partial charge on any atom is 0.422 e. The predicted molar refractivity (Wildman–Crippen MR) is 106 cm³/mol. The molecule has 1 heterocycles. The van der Waals surface area contributed by atoms with Gasteiger partial charge in [0.1, 0.15) is 5.75 Å². The molecule has 3 aromatic rings. The second kappa shape index (κ2) is 8.29. The zero-order valence-corrected chi connectivity index (χ0v) is 16.6.